The molecule has 0 bridgehead atoms. The second-order valence-corrected chi connectivity index (χ2v) is 6.10. The predicted octanol–water partition coefficient (Wildman–Crippen LogP) is 0.0792. The molecule has 0 saturated carbocycles. The second-order valence-electron chi connectivity index (χ2n) is 6.10. The SMILES string of the molecule is O=C(O)c1[nH]c(=O)[nH]c(=O)c1CN1CCN(Cc2ccccc2)CC1. The van der Waals surface area contributed by atoms with Crippen LogP contribution in [0, 0.1) is 0 Å². The summed E-state index contributed by atoms with van der Waals surface area (Å²) in [5, 5.41) is 9.20. The first kappa shape index (κ1) is 17.1. The summed E-state index contributed by atoms with van der Waals surface area (Å²) < 4.78 is 0. The van der Waals surface area contributed by atoms with E-state index in [-0.39, 0.29) is 17.8 Å². The number of H-pyrrole nitrogens is 2. The Bertz CT molecular complexity index is 851. The van der Waals surface area contributed by atoms with Crippen LogP contribution in [-0.4, -0.2) is 57.0 Å². The minimum Gasteiger partial charge on any atom is -0.477 e. The number of aromatic amines is 2. The second kappa shape index (κ2) is 7.45. The number of aromatic nitrogens is 2. The molecule has 1 aromatic carbocycles. The van der Waals surface area contributed by atoms with Crippen LogP contribution >= 0.6 is 0 Å². The number of nitrogens with zero attached hydrogens (tertiary/aromatic N) is 2. The highest BCUT2D eigenvalue weighted by atomic mass is 16.4. The minimum atomic E-state index is -1.30. The van der Waals surface area contributed by atoms with Crippen molar-refractivity contribution >= 4 is 5.97 Å². The molecule has 0 spiro atoms. The van der Waals surface area contributed by atoms with Crippen LogP contribution in [-0.2, 0) is 13.1 Å². The third kappa shape index (κ3) is 4.23. The zero-order chi connectivity index (χ0) is 17.8. The van der Waals surface area contributed by atoms with Gasteiger partial charge in [-0.2, -0.15) is 0 Å². The van der Waals surface area contributed by atoms with Gasteiger partial charge in [0.25, 0.3) is 5.56 Å². The molecular formula is C17H20N4O4. The molecule has 0 atom stereocenters. The number of carboxylic acid groups (broad SMARTS) is 1. The average molecular weight is 344 g/mol. The van der Waals surface area contributed by atoms with Gasteiger partial charge in [-0.25, -0.2) is 9.59 Å². The molecule has 1 fully saturated rings. The lowest BCUT2D eigenvalue weighted by molar-refractivity contribution is 0.0684. The van der Waals surface area contributed by atoms with Gasteiger partial charge in [-0.1, -0.05) is 30.3 Å². The van der Waals surface area contributed by atoms with Crippen LogP contribution in [0.15, 0.2) is 39.9 Å². The Labute approximate surface area is 143 Å². The van der Waals surface area contributed by atoms with Crippen molar-refractivity contribution in [2.75, 3.05) is 26.2 Å². The van der Waals surface area contributed by atoms with Gasteiger partial charge in [0.05, 0.1) is 5.56 Å². The van der Waals surface area contributed by atoms with E-state index in [1.165, 1.54) is 5.56 Å². The summed E-state index contributed by atoms with van der Waals surface area (Å²) >= 11 is 0. The first-order chi connectivity index (χ1) is 12.0. The van der Waals surface area contributed by atoms with E-state index in [2.05, 4.69) is 27.0 Å². The number of hydrogen-bond acceptors (Lipinski definition) is 5. The summed E-state index contributed by atoms with van der Waals surface area (Å²) in [6.07, 6.45) is 0. The van der Waals surface area contributed by atoms with E-state index in [1.807, 2.05) is 23.1 Å². The molecule has 0 aliphatic carbocycles. The number of hydrogen-bond donors (Lipinski definition) is 3. The van der Waals surface area contributed by atoms with Crippen molar-refractivity contribution in [1.82, 2.24) is 19.8 Å². The Balaban J connectivity index is 1.64. The molecule has 1 aliphatic rings. The zero-order valence-electron chi connectivity index (χ0n) is 13.7. The van der Waals surface area contributed by atoms with Crippen molar-refractivity contribution in [3.63, 3.8) is 0 Å². The topological polar surface area (TPSA) is 109 Å². The molecule has 8 heteroatoms. The quantitative estimate of drug-likeness (QED) is 0.709. The first-order valence-corrected chi connectivity index (χ1v) is 8.10. The predicted molar refractivity (Wildman–Crippen MR) is 91.6 cm³/mol. The van der Waals surface area contributed by atoms with Gasteiger partial charge in [-0.3, -0.25) is 19.6 Å². The molecule has 8 nitrogen and oxygen atoms in total. The number of nitrogens with one attached hydrogen (secondary N) is 2. The Morgan fingerprint density at radius 3 is 2.16 bits per heavy atom. The van der Waals surface area contributed by atoms with Gasteiger partial charge >= 0.3 is 11.7 Å². The molecule has 3 rings (SSSR count). The van der Waals surface area contributed by atoms with Crippen LogP contribution in [0.4, 0.5) is 0 Å². The normalized spacial score (nSPS) is 16.0. The Morgan fingerprint density at radius 1 is 0.960 bits per heavy atom. The summed E-state index contributed by atoms with van der Waals surface area (Å²) in [6.45, 7) is 4.19. The standard InChI is InChI=1S/C17H20N4O4/c22-15-13(14(16(23)24)18-17(25)19-15)11-21-8-6-20(7-9-21)10-12-4-2-1-3-5-12/h1-5H,6-11H2,(H,23,24)(H2,18,19,22,25). The van der Waals surface area contributed by atoms with Gasteiger partial charge in [-0.05, 0) is 5.56 Å². The molecule has 132 valence electrons. The fourth-order valence-electron chi connectivity index (χ4n) is 3.02. The van der Waals surface area contributed by atoms with E-state index < -0.39 is 17.2 Å². The van der Waals surface area contributed by atoms with Gasteiger partial charge in [-0.15, -0.1) is 0 Å². The maximum atomic E-state index is 12.0. The number of aromatic carboxylic acids is 1. The highest BCUT2D eigenvalue weighted by Crippen LogP contribution is 2.11. The minimum absolute atomic E-state index is 0.0867. The molecule has 1 aliphatic heterocycles. The maximum absolute atomic E-state index is 12.0. The summed E-state index contributed by atoms with van der Waals surface area (Å²) in [4.78, 5) is 43.2. The summed E-state index contributed by atoms with van der Waals surface area (Å²) in [5.41, 5.74) is -0.447. The summed E-state index contributed by atoms with van der Waals surface area (Å²) in [6, 6.07) is 10.2. The zero-order valence-corrected chi connectivity index (χ0v) is 13.7. The molecule has 25 heavy (non-hydrogen) atoms. The Morgan fingerprint density at radius 2 is 1.56 bits per heavy atom. The smallest absolute Gasteiger partial charge is 0.352 e. The van der Waals surface area contributed by atoms with E-state index in [0.717, 1.165) is 32.7 Å². The third-order valence-electron chi connectivity index (χ3n) is 4.35. The number of rotatable bonds is 5. The number of carboxylic acids is 1. The van der Waals surface area contributed by atoms with E-state index >= 15 is 0 Å². The van der Waals surface area contributed by atoms with Crippen molar-refractivity contribution < 1.29 is 9.90 Å². The van der Waals surface area contributed by atoms with Gasteiger partial charge in [0.15, 0.2) is 0 Å². The van der Waals surface area contributed by atoms with Crippen LogP contribution in [0.1, 0.15) is 21.6 Å². The Hall–Kier alpha value is -2.71. The molecular weight excluding hydrogens is 324 g/mol. The Kier molecular flexibility index (Phi) is 5.11. The molecule has 1 saturated heterocycles. The van der Waals surface area contributed by atoms with Crippen LogP contribution in [0.3, 0.4) is 0 Å². The molecule has 2 aromatic rings. The van der Waals surface area contributed by atoms with Gasteiger partial charge in [0.2, 0.25) is 0 Å². The van der Waals surface area contributed by atoms with E-state index in [0.29, 0.717) is 0 Å². The van der Waals surface area contributed by atoms with Crippen molar-refractivity contribution in [2.45, 2.75) is 13.1 Å². The van der Waals surface area contributed by atoms with Crippen molar-refractivity contribution in [3.8, 4) is 0 Å². The van der Waals surface area contributed by atoms with Crippen molar-refractivity contribution in [2.24, 2.45) is 0 Å². The van der Waals surface area contributed by atoms with Crippen LogP contribution in [0.5, 0.6) is 0 Å². The first-order valence-electron chi connectivity index (χ1n) is 8.10. The van der Waals surface area contributed by atoms with Gasteiger partial charge in [0, 0.05) is 39.3 Å². The van der Waals surface area contributed by atoms with E-state index in [4.69, 9.17) is 0 Å². The fourth-order valence-corrected chi connectivity index (χ4v) is 3.02. The number of carbonyl (C=O) groups is 1. The average Bonchev–Trinajstić information content (AvgIpc) is 2.59. The third-order valence-corrected chi connectivity index (χ3v) is 4.35. The largest absolute Gasteiger partial charge is 0.477 e. The van der Waals surface area contributed by atoms with Crippen molar-refractivity contribution in [3.05, 3.63) is 68.0 Å². The number of piperazine rings is 1. The summed E-state index contributed by atoms with van der Waals surface area (Å²) in [5.74, 6) is -1.30. The highest BCUT2D eigenvalue weighted by Gasteiger charge is 2.22. The maximum Gasteiger partial charge on any atom is 0.352 e. The lowest BCUT2D eigenvalue weighted by Crippen LogP contribution is -2.46. The van der Waals surface area contributed by atoms with Gasteiger partial charge < -0.3 is 10.1 Å². The highest BCUT2D eigenvalue weighted by molar-refractivity contribution is 5.86. The van der Waals surface area contributed by atoms with Gasteiger partial charge in [0.1, 0.15) is 5.69 Å². The summed E-state index contributed by atoms with van der Waals surface area (Å²) in [7, 11) is 0. The molecule has 2 heterocycles. The number of benzene rings is 1. The van der Waals surface area contributed by atoms with E-state index in [9.17, 15) is 19.5 Å². The van der Waals surface area contributed by atoms with E-state index in [1.54, 1.807) is 0 Å². The van der Waals surface area contributed by atoms with Crippen LogP contribution in [0.2, 0.25) is 0 Å². The lowest BCUT2D eigenvalue weighted by Gasteiger charge is -2.34. The molecule has 0 amide bonds. The molecule has 1 aromatic heterocycles. The lowest BCUT2D eigenvalue weighted by atomic mass is 10.1. The molecule has 3 N–H and O–H groups in total. The fraction of sp³-hybridized carbons (Fsp3) is 0.353. The van der Waals surface area contributed by atoms with Crippen LogP contribution in [0.25, 0.3) is 0 Å². The van der Waals surface area contributed by atoms with Crippen molar-refractivity contribution in [1.29, 1.82) is 0 Å². The monoisotopic (exact) mass is 344 g/mol. The van der Waals surface area contributed by atoms with Crippen LogP contribution < -0.4 is 11.2 Å². The molecule has 0 unspecified atom stereocenters. The molecule has 0 radical (unpaired) electrons.